The van der Waals surface area contributed by atoms with Crippen LogP contribution in [-0.4, -0.2) is 37.1 Å². The zero-order valence-electron chi connectivity index (χ0n) is 9.91. The average molecular weight is 302 g/mol. The van der Waals surface area contributed by atoms with Crippen LogP contribution in [0.25, 0.3) is 5.65 Å². The van der Waals surface area contributed by atoms with Crippen molar-refractivity contribution in [2.24, 2.45) is 0 Å². The molecule has 2 aromatic heterocycles. The maximum Gasteiger partial charge on any atom is 0.260 e. The number of aromatic nitrogens is 2. The number of sulfonamides is 1. The molecule has 0 amide bonds. The Morgan fingerprint density at radius 2 is 2.32 bits per heavy atom. The summed E-state index contributed by atoms with van der Waals surface area (Å²) in [5.74, 6) is 0. The molecule has 2 aromatic rings. The number of hydrogen-bond acceptors (Lipinski definition) is 4. The Bertz CT molecular complexity index is 707. The molecule has 0 bridgehead atoms. The van der Waals surface area contributed by atoms with E-state index >= 15 is 0 Å². The molecule has 1 fully saturated rings. The van der Waals surface area contributed by atoms with Crippen molar-refractivity contribution >= 4 is 27.3 Å². The van der Waals surface area contributed by atoms with Gasteiger partial charge in [0.05, 0.1) is 6.61 Å². The minimum absolute atomic E-state index is 0.0300. The number of imidazole rings is 1. The molecule has 1 aliphatic rings. The second-order valence-electron chi connectivity index (χ2n) is 4.32. The number of pyridine rings is 1. The molecular weight excluding hydrogens is 290 g/mol. The van der Waals surface area contributed by atoms with E-state index in [9.17, 15) is 8.42 Å². The van der Waals surface area contributed by atoms with E-state index in [1.54, 1.807) is 24.4 Å². The van der Waals surface area contributed by atoms with Gasteiger partial charge in [-0.25, -0.2) is 18.1 Å². The van der Waals surface area contributed by atoms with Crippen LogP contribution in [0.4, 0.5) is 0 Å². The molecule has 102 valence electrons. The number of rotatable bonds is 3. The van der Waals surface area contributed by atoms with Crippen LogP contribution < -0.4 is 4.72 Å². The van der Waals surface area contributed by atoms with Crippen molar-refractivity contribution in [2.45, 2.75) is 17.5 Å². The van der Waals surface area contributed by atoms with Crippen molar-refractivity contribution in [1.29, 1.82) is 0 Å². The summed E-state index contributed by atoms with van der Waals surface area (Å²) in [5.41, 5.74) is 0.496. The maximum absolute atomic E-state index is 12.4. The smallest absolute Gasteiger partial charge is 0.260 e. The molecule has 0 spiro atoms. The summed E-state index contributed by atoms with van der Waals surface area (Å²) in [6, 6.07) is 4.98. The second-order valence-corrected chi connectivity index (χ2v) is 6.31. The number of fused-ring (bicyclic) bond motifs is 1. The number of ether oxygens (including phenoxy) is 1. The van der Waals surface area contributed by atoms with Crippen LogP contribution in [-0.2, 0) is 14.8 Å². The van der Waals surface area contributed by atoms with Crippen LogP contribution in [0.5, 0.6) is 0 Å². The Morgan fingerprint density at radius 3 is 3.05 bits per heavy atom. The number of nitrogens with one attached hydrogen (secondary N) is 1. The van der Waals surface area contributed by atoms with Crippen molar-refractivity contribution in [3.05, 3.63) is 29.5 Å². The third kappa shape index (κ3) is 2.34. The number of nitrogens with zero attached hydrogens (tertiary/aromatic N) is 2. The molecule has 0 saturated carbocycles. The lowest BCUT2D eigenvalue weighted by molar-refractivity contribution is 0.192. The lowest BCUT2D eigenvalue weighted by Gasteiger charge is -2.11. The summed E-state index contributed by atoms with van der Waals surface area (Å²) >= 11 is 5.96. The minimum atomic E-state index is -3.72. The Kier molecular flexibility index (Phi) is 3.22. The van der Waals surface area contributed by atoms with E-state index in [0.717, 1.165) is 0 Å². The zero-order chi connectivity index (χ0) is 13.5. The van der Waals surface area contributed by atoms with E-state index in [1.165, 1.54) is 4.40 Å². The van der Waals surface area contributed by atoms with E-state index in [2.05, 4.69) is 9.71 Å². The summed E-state index contributed by atoms with van der Waals surface area (Å²) in [4.78, 5) is 4.03. The summed E-state index contributed by atoms with van der Waals surface area (Å²) in [5, 5.41) is -0.0609. The SMILES string of the molecule is O=S(=O)(NC1CCOC1)c1c(Cl)nc2ccccn12. The van der Waals surface area contributed by atoms with Crippen LogP contribution in [0.15, 0.2) is 29.4 Å². The summed E-state index contributed by atoms with van der Waals surface area (Å²) in [6.07, 6.45) is 2.28. The van der Waals surface area contributed by atoms with E-state index in [0.29, 0.717) is 25.3 Å². The molecule has 3 rings (SSSR count). The quantitative estimate of drug-likeness (QED) is 0.920. The van der Waals surface area contributed by atoms with Crippen LogP contribution in [0, 0.1) is 0 Å². The molecule has 19 heavy (non-hydrogen) atoms. The number of hydrogen-bond donors (Lipinski definition) is 1. The van der Waals surface area contributed by atoms with Crippen LogP contribution in [0.3, 0.4) is 0 Å². The summed E-state index contributed by atoms with van der Waals surface area (Å²) in [6.45, 7) is 0.946. The summed E-state index contributed by atoms with van der Waals surface area (Å²) in [7, 11) is -3.72. The largest absolute Gasteiger partial charge is 0.380 e. The van der Waals surface area contributed by atoms with E-state index in [4.69, 9.17) is 16.3 Å². The second kappa shape index (κ2) is 4.75. The molecule has 1 N–H and O–H groups in total. The Morgan fingerprint density at radius 1 is 1.47 bits per heavy atom. The average Bonchev–Trinajstić information content (AvgIpc) is 2.94. The molecule has 1 aliphatic heterocycles. The first-order valence-electron chi connectivity index (χ1n) is 5.80. The fourth-order valence-corrected chi connectivity index (χ4v) is 3.99. The zero-order valence-corrected chi connectivity index (χ0v) is 11.5. The first-order chi connectivity index (χ1) is 9.08. The van der Waals surface area contributed by atoms with E-state index in [1.807, 2.05) is 0 Å². The molecule has 0 radical (unpaired) electrons. The molecule has 6 nitrogen and oxygen atoms in total. The highest BCUT2D eigenvalue weighted by molar-refractivity contribution is 7.89. The fourth-order valence-electron chi connectivity index (χ4n) is 2.09. The topological polar surface area (TPSA) is 72.7 Å². The normalized spacial score (nSPS) is 20.2. The van der Waals surface area contributed by atoms with Gasteiger partial charge in [0.15, 0.2) is 10.2 Å². The molecule has 1 saturated heterocycles. The fraction of sp³-hybridized carbons (Fsp3) is 0.364. The third-order valence-electron chi connectivity index (χ3n) is 2.95. The molecule has 3 heterocycles. The van der Waals surface area contributed by atoms with Gasteiger partial charge in [0, 0.05) is 18.8 Å². The van der Waals surface area contributed by atoms with Gasteiger partial charge in [-0.3, -0.25) is 4.40 Å². The predicted octanol–water partition coefficient (Wildman–Crippen LogP) is 1.05. The highest BCUT2D eigenvalue weighted by Gasteiger charge is 2.28. The minimum Gasteiger partial charge on any atom is -0.380 e. The summed E-state index contributed by atoms with van der Waals surface area (Å²) < 4.78 is 34.0. The van der Waals surface area contributed by atoms with Crippen LogP contribution in [0.1, 0.15) is 6.42 Å². The van der Waals surface area contributed by atoms with Gasteiger partial charge in [0.25, 0.3) is 10.0 Å². The van der Waals surface area contributed by atoms with Gasteiger partial charge < -0.3 is 4.74 Å². The lowest BCUT2D eigenvalue weighted by Crippen LogP contribution is -2.35. The van der Waals surface area contributed by atoms with Crippen LogP contribution >= 0.6 is 11.6 Å². The monoisotopic (exact) mass is 301 g/mol. The Hall–Kier alpha value is -1.15. The molecule has 8 heteroatoms. The third-order valence-corrected chi connectivity index (χ3v) is 4.87. The van der Waals surface area contributed by atoms with Crippen molar-refractivity contribution in [3.8, 4) is 0 Å². The first kappa shape index (κ1) is 12.9. The van der Waals surface area contributed by atoms with Crippen molar-refractivity contribution in [2.75, 3.05) is 13.2 Å². The number of halogens is 1. The van der Waals surface area contributed by atoms with Crippen molar-refractivity contribution < 1.29 is 13.2 Å². The van der Waals surface area contributed by atoms with E-state index in [-0.39, 0.29) is 16.2 Å². The van der Waals surface area contributed by atoms with Crippen LogP contribution in [0.2, 0.25) is 5.15 Å². The van der Waals surface area contributed by atoms with Gasteiger partial charge in [-0.2, -0.15) is 0 Å². The van der Waals surface area contributed by atoms with Crippen molar-refractivity contribution in [3.63, 3.8) is 0 Å². The van der Waals surface area contributed by atoms with Gasteiger partial charge >= 0.3 is 0 Å². The standard InChI is InChI=1S/C11H12ClN3O3S/c12-10-11(15-5-2-1-3-9(15)13-10)19(16,17)14-8-4-6-18-7-8/h1-3,5,8,14H,4,6-7H2. The molecule has 1 unspecified atom stereocenters. The molecule has 1 atom stereocenters. The van der Waals surface area contributed by atoms with Gasteiger partial charge in [-0.05, 0) is 18.6 Å². The molecular formula is C11H12ClN3O3S. The Balaban J connectivity index is 2.04. The van der Waals surface area contributed by atoms with E-state index < -0.39 is 10.0 Å². The van der Waals surface area contributed by atoms with Crippen molar-refractivity contribution in [1.82, 2.24) is 14.1 Å². The highest BCUT2D eigenvalue weighted by atomic mass is 35.5. The predicted molar refractivity (Wildman–Crippen MR) is 69.7 cm³/mol. The highest BCUT2D eigenvalue weighted by Crippen LogP contribution is 2.23. The molecule has 0 aromatic carbocycles. The first-order valence-corrected chi connectivity index (χ1v) is 7.67. The van der Waals surface area contributed by atoms with Gasteiger partial charge in [-0.1, -0.05) is 17.7 Å². The maximum atomic E-state index is 12.4. The molecule has 0 aliphatic carbocycles. The van der Waals surface area contributed by atoms with Gasteiger partial charge in [-0.15, -0.1) is 0 Å². The Labute approximate surface area is 115 Å². The van der Waals surface area contributed by atoms with Gasteiger partial charge in [0.1, 0.15) is 5.65 Å². The lowest BCUT2D eigenvalue weighted by atomic mass is 10.3. The van der Waals surface area contributed by atoms with Gasteiger partial charge in [0.2, 0.25) is 0 Å².